The first kappa shape index (κ1) is 12.0. The summed E-state index contributed by atoms with van der Waals surface area (Å²) < 4.78 is 24.6. The van der Waals surface area contributed by atoms with Gasteiger partial charge in [-0.3, -0.25) is 0 Å². The maximum atomic E-state index is 12.5. The Bertz CT molecular complexity index is 415. The van der Waals surface area contributed by atoms with Gasteiger partial charge in [-0.05, 0) is 57.4 Å². The van der Waals surface area contributed by atoms with E-state index in [0.717, 1.165) is 19.3 Å². The molecule has 0 heterocycles. The van der Waals surface area contributed by atoms with Crippen LogP contribution in [0, 0.1) is 11.8 Å². The summed E-state index contributed by atoms with van der Waals surface area (Å²) in [6, 6.07) is 0. The van der Waals surface area contributed by atoms with Crippen LogP contribution in [0.4, 0.5) is 0 Å². The van der Waals surface area contributed by atoms with E-state index in [1.165, 1.54) is 19.3 Å². The summed E-state index contributed by atoms with van der Waals surface area (Å²) in [4.78, 5) is 0. The van der Waals surface area contributed by atoms with E-state index in [2.05, 4.69) is 5.32 Å². The highest BCUT2D eigenvalue weighted by Crippen LogP contribution is 2.60. The first-order valence-electron chi connectivity index (χ1n) is 6.85. The predicted molar refractivity (Wildman–Crippen MR) is 68.7 cm³/mol. The molecular weight excluding hydrogens is 234 g/mol. The molecule has 0 aromatic heterocycles. The average molecular weight is 257 g/mol. The van der Waals surface area contributed by atoms with E-state index in [9.17, 15) is 8.42 Å². The first-order chi connectivity index (χ1) is 7.94. The Morgan fingerprint density at radius 2 is 1.76 bits per heavy atom. The lowest BCUT2D eigenvalue weighted by Gasteiger charge is -2.61. The molecule has 0 amide bonds. The molecule has 4 saturated carbocycles. The number of hydrogen-bond acceptors (Lipinski definition) is 3. The van der Waals surface area contributed by atoms with Crippen molar-refractivity contribution in [2.45, 2.75) is 55.7 Å². The smallest absolute Gasteiger partial charge is 0.155 e. The minimum absolute atomic E-state index is 0.131. The third-order valence-corrected chi connectivity index (χ3v) is 8.13. The van der Waals surface area contributed by atoms with Crippen LogP contribution < -0.4 is 5.32 Å². The molecule has 0 aromatic rings. The number of rotatable bonds is 3. The summed E-state index contributed by atoms with van der Waals surface area (Å²) in [5.74, 6) is 1.60. The van der Waals surface area contributed by atoms with Gasteiger partial charge >= 0.3 is 0 Å². The fourth-order valence-corrected chi connectivity index (χ4v) is 7.23. The fourth-order valence-electron chi connectivity index (χ4n) is 5.14. The molecule has 4 aliphatic rings. The minimum atomic E-state index is -2.91. The lowest BCUT2D eigenvalue weighted by atomic mass is 9.52. The Balaban J connectivity index is 2.03. The van der Waals surface area contributed by atoms with Gasteiger partial charge in [0.1, 0.15) is 0 Å². The van der Waals surface area contributed by atoms with E-state index in [0.29, 0.717) is 17.6 Å². The summed E-state index contributed by atoms with van der Waals surface area (Å²) in [7, 11) is -0.892. The normalized spacial score (nSPS) is 48.6. The summed E-state index contributed by atoms with van der Waals surface area (Å²) in [5.41, 5.74) is 0.131. The molecule has 0 aliphatic heterocycles. The standard InChI is InChI=1S/C13H23NO2S/c1-3-17(15,16)13-7-10-4-11(8-13)6-12(5-10,9-13)14-2/h10-11,14H,3-9H2,1-2H3. The molecule has 98 valence electrons. The molecule has 1 N–H and O–H groups in total. The van der Waals surface area contributed by atoms with Crippen LogP contribution in [0.5, 0.6) is 0 Å². The van der Waals surface area contributed by atoms with Crippen molar-refractivity contribution in [2.75, 3.05) is 12.8 Å². The van der Waals surface area contributed by atoms with Crippen molar-refractivity contribution in [3.05, 3.63) is 0 Å². The Kier molecular flexibility index (Phi) is 2.45. The van der Waals surface area contributed by atoms with Crippen molar-refractivity contribution in [3.8, 4) is 0 Å². The zero-order valence-electron chi connectivity index (χ0n) is 10.8. The lowest BCUT2D eigenvalue weighted by Crippen LogP contribution is -2.66. The second-order valence-corrected chi connectivity index (χ2v) is 9.25. The molecule has 0 saturated heterocycles. The molecule has 0 aromatic carbocycles. The van der Waals surface area contributed by atoms with Crippen LogP contribution in [0.1, 0.15) is 45.4 Å². The molecule has 4 bridgehead atoms. The maximum Gasteiger partial charge on any atom is 0.155 e. The molecule has 4 aliphatic carbocycles. The highest BCUT2D eigenvalue weighted by atomic mass is 32.2. The van der Waals surface area contributed by atoms with Gasteiger partial charge in [0, 0.05) is 11.3 Å². The van der Waals surface area contributed by atoms with Gasteiger partial charge in [-0.15, -0.1) is 0 Å². The van der Waals surface area contributed by atoms with Crippen molar-refractivity contribution >= 4 is 9.84 Å². The van der Waals surface area contributed by atoms with Gasteiger partial charge in [-0.1, -0.05) is 6.92 Å². The molecule has 4 fully saturated rings. The van der Waals surface area contributed by atoms with Crippen LogP contribution in [-0.4, -0.2) is 31.5 Å². The highest BCUT2D eigenvalue weighted by molar-refractivity contribution is 7.92. The Morgan fingerprint density at radius 1 is 1.18 bits per heavy atom. The van der Waals surface area contributed by atoms with Crippen molar-refractivity contribution in [1.82, 2.24) is 5.32 Å². The summed E-state index contributed by atoms with van der Waals surface area (Å²) in [6.45, 7) is 1.81. The third kappa shape index (κ3) is 1.53. The summed E-state index contributed by atoms with van der Waals surface area (Å²) >= 11 is 0. The first-order valence-corrected chi connectivity index (χ1v) is 8.51. The number of sulfone groups is 1. The number of hydrogen-bond donors (Lipinski definition) is 1. The second kappa shape index (κ2) is 3.47. The van der Waals surface area contributed by atoms with Gasteiger partial charge in [0.25, 0.3) is 0 Å². The molecule has 0 spiro atoms. The van der Waals surface area contributed by atoms with Crippen LogP contribution in [0.15, 0.2) is 0 Å². The monoisotopic (exact) mass is 257 g/mol. The van der Waals surface area contributed by atoms with Gasteiger partial charge in [0.15, 0.2) is 9.84 Å². The van der Waals surface area contributed by atoms with Gasteiger partial charge < -0.3 is 5.32 Å². The fraction of sp³-hybridized carbons (Fsp3) is 1.00. The van der Waals surface area contributed by atoms with E-state index in [1.807, 2.05) is 7.05 Å². The SMILES string of the molecule is CCS(=O)(=O)C12CC3CC(CC(NC)(C3)C1)C2. The second-order valence-electron chi connectivity index (χ2n) is 6.58. The zero-order chi connectivity index (χ0) is 12.3. The zero-order valence-corrected chi connectivity index (χ0v) is 11.6. The lowest BCUT2D eigenvalue weighted by molar-refractivity contribution is -0.00309. The van der Waals surface area contributed by atoms with E-state index in [4.69, 9.17) is 0 Å². The Hall–Kier alpha value is -0.0900. The van der Waals surface area contributed by atoms with E-state index in [-0.39, 0.29) is 10.3 Å². The quantitative estimate of drug-likeness (QED) is 0.837. The van der Waals surface area contributed by atoms with Crippen LogP contribution in [0.3, 0.4) is 0 Å². The molecule has 3 nitrogen and oxygen atoms in total. The Morgan fingerprint density at radius 3 is 2.24 bits per heavy atom. The van der Waals surface area contributed by atoms with E-state index >= 15 is 0 Å². The molecule has 0 radical (unpaired) electrons. The molecule has 4 heteroatoms. The Labute approximate surface area is 104 Å². The van der Waals surface area contributed by atoms with Crippen LogP contribution in [0.2, 0.25) is 0 Å². The molecule has 17 heavy (non-hydrogen) atoms. The summed E-state index contributed by atoms with van der Waals surface area (Å²) in [5, 5.41) is 3.47. The van der Waals surface area contributed by atoms with Gasteiger partial charge in [0.05, 0.1) is 4.75 Å². The molecule has 4 rings (SSSR count). The molecule has 2 atom stereocenters. The van der Waals surface area contributed by atoms with Gasteiger partial charge in [-0.25, -0.2) is 8.42 Å². The van der Waals surface area contributed by atoms with Crippen LogP contribution in [0.25, 0.3) is 0 Å². The maximum absolute atomic E-state index is 12.5. The van der Waals surface area contributed by atoms with Crippen molar-refractivity contribution in [3.63, 3.8) is 0 Å². The molecular formula is C13H23NO2S. The van der Waals surface area contributed by atoms with Crippen molar-refractivity contribution in [1.29, 1.82) is 0 Å². The van der Waals surface area contributed by atoms with Crippen molar-refractivity contribution in [2.24, 2.45) is 11.8 Å². The number of nitrogens with one attached hydrogen (secondary N) is 1. The van der Waals surface area contributed by atoms with E-state index in [1.54, 1.807) is 6.92 Å². The largest absolute Gasteiger partial charge is 0.314 e. The summed E-state index contributed by atoms with van der Waals surface area (Å²) in [6.07, 6.45) is 6.39. The van der Waals surface area contributed by atoms with E-state index < -0.39 is 9.84 Å². The van der Waals surface area contributed by atoms with Gasteiger partial charge in [0.2, 0.25) is 0 Å². The highest BCUT2D eigenvalue weighted by Gasteiger charge is 2.61. The van der Waals surface area contributed by atoms with Gasteiger partial charge in [-0.2, -0.15) is 0 Å². The van der Waals surface area contributed by atoms with Crippen LogP contribution >= 0.6 is 0 Å². The average Bonchev–Trinajstić information content (AvgIpc) is 2.27. The van der Waals surface area contributed by atoms with Crippen molar-refractivity contribution < 1.29 is 8.42 Å². The van der Waals surface area contributed by atoms with Crippen LogP contribution in [-0.2, 0) is 9.84 Å². The molecule has 2 unspecified atom stereocenters. The predicted octanol–water partition coefficient (Wildman–Crippen LogP) is 1.73. The topological polar surface area (TPSA) is 46.2 Å². The third-order valence-electron chi connectivity index (χ3n) is 5.58. The minimum Gasteiger partial charge on any atom is -0.314 e.